The van der Waals surface area contributed by atoms with Crippen LogP contribution in [0.2, 0.25) is 0 Å². The molecule has 0 radical (unpaired) electrons. The standard InChI is InChI=1S/C32H34N2O4S/c1-32(2,3)28-19-11-13-21-30(28)38-23-22-33-31(35)27-18-10-12-20-29(27)34(24-25-14-6-4-7-15-25)39(36,37)26-16-8-5-9-17-26/h4-21H,22-24H2,1-3H3,(H,33,35). The highest BCUT2D eigenvalue weighted by atomic mass is 32.2. The molecule has 0 saturated carbocycles. The lowest BCUT2D eigenvalue weighted by Gasteiger charge is -2.26. The molecule has 4 aromatic rings. The SMILES string of the molecule is CC(C)(C)c1ccccc1OCCNC(=O)c1ccccc1N(Cc1ccccc1)S(=O)(=O)c1ccccc1. The summed E-state index contributed by atoms with van der Waals surface area (Å²) < 4.78 is 34.9. The number of nitrogens with one attached hydrogen (secondary N) is 1. The van der Waals surface area contributed by atoms with E-state index >= 15 is 0 Å². The van der Waals surface area contributed by atoms with Crippen molar-refractivity contribution in [2.45, 2.75) is 37.6 Å². The Balaban J connectivity index is 1.56. The number of para-hydroxylation sites is 2. The van der Waals surface area contributed by atoms with Gasteiger partial charge in [0.15, 0.2) is 0 Å². The lowest BCUT2D eigenvalue weighted by molar-refractivity contribution is 0.0947. The molecular formula is C32H34N2O4S. The van der Waals surface area contributed by atoms with Gasteiger partial charge in [-0.1, -0.05) is 99.6 Å². The Labute approximate surface area is 231 Å². The fraction of sp³-hybridized carbons (Fsp3) is 0.219. The van der Waals surface area contributed by atoms with Crippen LogP contribution in [0, 0.1) is 0 Å². The fourth-order valence-electron chi connectivity index (χ4n) is 4.28. The van der Waals surface area contributed by atoms with Gasteiger partial charge >= 0.3 is 0 Å². The third-order valence-electron chi connectivity index (χ3n) is 6.26. The number of carbonyl (C=O) groups excluding carboxylic acids is 1. The van der Waals surface area contributed by atoms with E-state index in [0.717, 1.165) is 16.9 Å². The van der Waals surface area contributed by atoms with Crippen LogP contribution in [0.25, 0.3) is 0 Å². The second-order valence-electron chi connectivity index (χ2n) is 10.2. The molecule has 0 atom stereocenters. The third-order valence-corrected chi connectivity index (χ3v) is 8.03. The van der Waals surface area contributed by atoms with Gasteiger partial charge in [-0.25, -0.2) is 8.42 Å². The van der Waals surface area contributed by atoms with Gasteiger partial charge in [0, 0.05) is 0 Å². The zero-order valence-corrected chi connectivity index (χ0v) is 23.3. The van der Waals surface area contributed by atoms with Crippen LogP contribution in [0.3, 0.4) is 0 Å². The molecule has 39 heavy (non-hydrogen) atoms. The topological polar surface area (TPSA) is 75.7 Å². The minimum atomic E-state index is -3.96. The Kier molecular flexibility index (Phi) is 8.72. The number of benzene rings is 4. The first-order chi connectivity index (χ1) is 18.7. The van der Waals surface area contributed by atoms with Crippen molar-refractivity contribution in [1.29, 1.82) is 0 Å². The van der Waals surface area contributed by atoms with Gasteiger partial charge in [-0.2, -0.15) is 0 Å². The summed E-state index contributed by atoms with van der Waals surface area (Å²) in [6.07, 6.45) is 0. The number of hydrogen-bond acceptors (Lipinski definition) is 4. The second-order valence-corrected chi connectivity index (χ2v) is 12.0. The van der Waals surface area contributed by atoms with Crippen LogP contribution in [-0.4, -0.2) is 27.5 Å². The number of carbonyl (C=O) groups is 1. The molecule has 0 aromatic heterocycles. The average Bonchev–Trinajstić information content (AvgIpc) is 2.94. The summed E-state index contributed by atoms with van der Waals surface area (Å²) in [4.78, 5) is 13.5. The first kappa shape index (κ1) is 27.9. The van der Waals surface area contributed by atoms with Gasteiger partial charge in [-0.15, -0.1) is 0 Å². The van der Waals surface area contributed by atoms with Crippen molar-refractivity contribution in [3.63, 3.8) is 0 Å². The van der Waals surface area contributed by atoms with Crippen molar-refractivity contribution >= 4 is 21.6 Å². The molecule has 1 amide bonds. The van der Waals surface area contributed by atoms with Crippen LogP contribution in [0.15, 0.2) is 114 Å². The lowest BCUT2D eigenvalue weighted by atomic mass is 9.86. The highest BCUT2D eigenvalue weighted by Gasteiger charge is 2.28. The summed E-state index contributed by atoms with van der Waals surface area (Å²) in [6.45, 7) is 6.98. The fourth-order valence-corrected chi connectivity index (χ4v) is 5.78. The summed E-state index contributed by atoms with van der Waals surface area (Å²) in [7, 11) is -3.96. The van der Waals surface area contributed by atoms with E-state index in [2.05, 4.69) is 26.1 Å². The summed E-state index contributed by atoms with van der Waals surface area (Å²) in [5, 5.41) is 2.89. The first-order valence-electron chi connectivity index (χ1n) is 12.9. The molecule has 0 spiro atoms. The molecule has 202 valence electrons. The highest BCUT2D eigenvalue weighted by Crippen LogP contribution is 2.31. The number of amides is 1. The van der Waals surface area contributed by atoms with E-state index in [0.29, 0.717) is 5.69 Å². The minimum Gasteiger partial charge on any atom is -0.491 e. The van der Waals surface area contributed by atoms with Crippen molar-refractivity contribution in [3.8, 4) is 5.75 Å². The van der Waals surface area contributed by atoms with Gasteiger partial charge in [-0.3, -0.25) is 9.10 Å². The predicted molar refractivity (Wildman–Crippen MR) is 156 cm³/mol. The van der Waals surface area contributed by atoms with Crippen molar-refractivity contribution in [3.05, 3.63) is 126 Å². The Hall–Kier alpha value is -4.10. The molecule has 0 aliphatic carbocycles. The van der Waals surface area contributed by atoms with Crippen LogP contribution >= 0.6 is 0 Å². The molecule has 0 aliphatic heterocycles. The van der Waals surface area contributed by atoms with Gasteiger partial charge < -0.3 is 10.1 Å². The van der Waals surface area contributed by atoms with E-state index in [-0.39, 0.29) is 41.5 Å². The van der Waals surface area contributed by atoms with E-state index in [1.807, 2.05) is 54.6 Å². The Morgan fingerprint density at radius 1 is 0.795 bits per heavy atom. The minimum absolute atomic E-state index is 0.0781. The molecule has 0 heterocycles. The van der Waals surface area contributed by atoms with Gasteiger partial charge in [0.05, 0.1) is 29.2 Å². The summed E-state index contributed by atoms with van der Waals surface area (Å²) in [6, 6.07) is 32.2. The Morgan fingerprint density at radius 2 is 1.38 bits per heavy atom. The molecule has 0 fully saturated rings. The van der Waals surface area contributed by atoms with E-state index in [1.165, 1.54) is 4.31 Å². The van der Waals surface area contributed by atoms with E-state index < -0.39 is 10.0 Å². The van der Waals surface area contributed by atoms with E-state index in [4.69, 9.17) is 4.74 Å². The largest absolute Gasteiger partial charge is 0.491 e. The summed E-state index contributed by atoms with van der Waals surface area (Å²) in [5.74, 6) is 0.405. The Morgan fingerprint density at radius 3 is 2.08 bits per heavy atom. The molecule has 0 unspecified atom stereocenters. The summed E-state index contributed by atoms with van der Waals surface area (Å²) >= 11 is 0. The number of hydrogen-bond donors (Lipinski definition) is 1. The predicted octanol–water partition coefficient (Wildman–Crippen LogP) is 6.19. The Bertz CT molecular complexity index is 1500. The quantitative estimate of drug-likeness (QED) is 0.243. The van der Waals surface area contributed by atoms with Gasteiger partial charge in [-0.05, 0) is 46.9 Å². The maximum atomic E-state index is 13.8. The molecule has 0 saturated heterocycles. The molecule has 0 aliphatic rings. The number of anilines is 1. The van der Waals surface area contributed by atoms with Crippen LogP contribution in [0.5, 0.6) is 5.75 Å². The average molecular weight is 543 g/mol. The van der Waals surface area contributed by atoms with Crippen LogP contribution in [0.1, 0.15) is 42.3 Å². The van der Waals surface area contributed by atoms with Crippen molar-refractivity contribution in [2.75, 3.05) is 17.5 Å². The highest BCUT2D eigenvalue weighted by molar-refractivity contribution is 7.92. The van der Waals surface area contributed by atoms with E-state index in [9.17, 15) is 13.2 Å². The van der Waals surface area contributed by atoms with E-state index in [1.54, 1.807) is 54.6 Å². The van der Waals surface area contributed by atoms with Gasteiger partial charge in [0.2, 0.25) is 0 Å². The zero-order chi connectivity index (χ0) is 27.9. The van der Waals surface area contributed by atoms with Gasteiger partial charge in [0.25, 0.3) is 15.9 Å². The molecule has 1 N–H and O–H groups in total. The maximum Gasteiger partial charge on any atom is 0.264 e. The molecule has 0 bridgehead atoms. The lowest BCUT2D eigenvalue weighted by Crippen LogP contribution is -2.34. The monoisotopic (exact) mass is 542 g/mol. The number of ether oxygens (including phenoxy) is 1. The van der Waals surface area contributed by atoms with Crippen LogP contribution in [0.4, 0.5) is 5.69 Å². The first-order valence-corrected chi connectivity index (χ1v) is 14.3. The molecular weight excluding hydrogens is 508 g/mol. The number of rotatable bonds is 10. The molecule has 6 nitrogen and oxygen atoms in total. The van der Waals surface area contributed by atoms with Crippen molar-refractivity contribution in [1.82, 2.24) is 5.32 Å². The number of sulfonamides is 1. The van der Waals surface area contributed by atoms with Crippen molar-refractivity contribution in [2.24, 2.45) is 0 Å². The van der Waals surface area contributed by atoms with Crippen LogP contribution in [-0.2, 0) is 22.0 Å². The third kappa shape index (κ3) is 6.86. The molecule has 7 heteroatoms. The maximum absolute atomic E-state index is 13.8. The zero-order valence-electron chi connectivity index (χ0n) is 22.5. The molecule has 4 aromatic carbocycles. The van der Waals surface area contributed by atoms with Crippen molar-refractivity contribution < 1.29 is 17.9 Å². The second kappa shape index (κ2) is 12.2. The number of nitrogens with zero attached hydrogens (tertiary/aromatic N) is 1. The normalized spacial score (nSPS) is 11.6. The van der Waals surface area contributed by atoms with Gasteiger partial charge in [0.1, 0.15) is 12.4 Å². The summed E-state index contributed by atoms with van der Waals surface area (Å²) in [5.41, 5.74) is 2.39. The molecule has 4 rings (SSSR count). The smallest absolute Gasteiger partial charge is 0.264 e. The van der Waals surface area contributed by atoms with Crippen LogP contribution < -0.4 is 14.4 Å².